The zero-order valence-corrected chi connectivity index (χ0v) is 15.9. The van der Waals surface area contributed by atoms with Crippen molar-refractivity contribution in [2.24, 2.45) is 5.41 Å². The van der Waals surface area contributed by atoms with Crippen LogP contribution in [0.5, 0.6) is 0 Å². The average Bonchev–Trinajstić information content (AvgIpc) is 3.14. The molecule has 2 aliphatic heterocycles. The molecule has 2 aromatic rings. The van der Waals surface area contributed by atoms with Gasteiger partial charge in [0.1, 0.15) is 5.76 Å². The van der Waals surface area contributed by atoms with Crippen LogP contribution in [0.1, 0.15) is 39.7 Å². The Kier molecular flexibility index (Phi) is 4.16. The van der Waals surface area contributed by atoms with Gasteiger partial charge < -0.3 is 9.42 Å². The van der Waals surface area contributed by atoms with Crippen molar-refractivity contribution in [3.63, 3.8) is 0 Å². The molecule has 0 N–H and O–H groups in total. The summed E-state index contributed by atoms with van der Waals surface area (Å²) in [6, 6.07) is 0. The van der Waals surface area contributed by atoms with Gasteiger partial charge in [-0.05, 0) is 40.2 Å². The highest BCUT2D eigenvalue weighted by Crippen LogP contribution is 2.41. The summed E-state index contributed by atoms with van der Waals surface area (Å²) in [6.45, 7) is 10.2. The van der Waals surface area contributed by atoms with E-state index in [1.807, 2.05) is 31.9 Å². The molecule has 2 fully saturated rings. The van der Waals surface area contributed by atoms with Gasteiger partial charge >= 0.3 is 0 Å². The van der Waals surface area contributed by atoms with Crippen LogP contribution in [-0.4, -0.2) is 45.5 Å². The fraction of sp³-hybridized carbons (Fsp3) is 0.611. The lowest BCUT2D eigenvalue weighted by molar-refractivity contribution is -0.167. The predicted molar refractivity (Wildman–Crippen MR) is 95.2 cm³/mol. The Morgan fingerprint density at radius 2 is 2.12 bits per heavy atom. The molecule has 6 nitrogen and oxygen atoms in total. The molecule has 1 atom stereocenters. The Balaban J connectivity index is 1.40. The lowest BCUT2D eigenvalue weighted by Gasteiger charge is -2.53. The van der Waals surface area contributed by atoms with Gasteiger partial charge in [0.15, 0.2) is 0 Å². The molecule has 1 spiro atoms. The van der Waals surface area contributed by atoms with Gasteiger partial charge in [-0.2, -0.15) is 0 Å². The number of hydrogen-bond acceptors (Lipinski definition) is 6. The van der Waals surface area contributed by atoms with Crippen molar-refractivity contribution in [2.75, 3.05) is 19.6 Å². The maximum atomic E-state index is 12.9. The summed E-state index contributed by atoms with van der Waals surface area (Å²) < 4.78 is 5.22. The molecule has 0 saturated carbocycles. The minimum Gasteiger partial charge on any atom is -0.361 e. The number of amides is 1. The maximum Gasteiger partial charge on any atom is 0.232 e. The van der Waals surface area contributed by atoms with Crippen molar-refractivity contribution in [3.05, 3.63) is 33.1 Å². The Morgan fingerprint density at radius 3 is 2.76 bits per heavy atom. The highest BCUT2D eigenvalue weighted by atomic mass is 32.1. The maximum absolute atomic E-state index is 12.9. The zero-order valence-electron chi connectivity index (χ0n) is 15.0. The zero-order chi connectivity index (χ0) is 17.6. The standard InChI is InChI=1S/C18H24N4O2S/c1-12-16(13(2)24-20-12)9-22-11-18(17(22)23)5-4-6-21(10-18)8-15-7-19-14(3)25-15/h7H,4-6,8-11H2,1-3H3. The fourth-order valence-corrected chi connectivity index (χ4v) is 5.00. The summed E-state index contributed by atoms with van der Waals surface area (Å²) in [6.07, 6.45) is 4.05. The van der Waals surface area contributed by atoms with Crippen LogP contribution < -0.4 is 0 Å². The van der Waals surface area contributed by atoms with E-state index in [1.165, 1.54) is 4.88 Å². The largest absolute Gasteiger partial charge is 0.361 e. The normalized spacial score (nSPS) is 24.1. The third-order valence-electron chi connectivity index (χ3n) is 5.47. The molecule has 4 rings (SSSR count). The molecular weight excluding hydrogens is 336 g/mol. The Hall–Kier alpha value is -1.73. The Morgan fingerprint density at radius 1 is 1.28 bits per heavy atom. The van der Waals surface area contributed by atoms with Gasteiger partial charge in [-0.1, -0.05) is 5.16 Å². The van der Waals surface area contributed by atoms with Crippen molar-refractivity contribution in [1.82, 2.24) is 19.9 Å². The molecule has 134 valence electrons. The summed E-state index contributed by atoms with van der Waals surface area (Å²) in [7, 11) is 0. The van der Waals surface area contributed by atoms with Crippen molar-refractivity contribution < 1.29 is 9.32 Å². The van der Waals surface area contributed by atoms with Gasteiger partial charge in [-0.3, -0.25) is 9.69 Å². The molecule has 7 heteroatoms. The monoisotopic (exact) mass is 360 g/mol. The van der Waals surface area contributed by atoms with Crippen molar-refractivity contribution in [3.8, 4) is 0 Å². The molecule has 25 heavy (non-hydrogen) atoms. The number of piperidine rings is 1. The lowest BCUT2D eigenvalue weighted by atomic mass is 9.72. The van der Waals surface area contributed by atoms with Crippen molar-refractivity contribution in [1.29, 1.82) is 0 Å². The number of hydrogen-bond donors (Lipinski definition) is 0. The summed E-state index contributed by atoms with van der Waals surface area (Å²) >= 11 is 1.75. The van der Waals surface area contributed by atoms with Crippen LogP contribution in [0.3, 0.4) is 0 Å². The summed E-state index contributed by atoms with van der Waals surface area (Å²) in [5, 5.41) is 5.10. The predicted octanol–water partition coefficient (Wildman–Crippen LogP) is 2.68. The first kappa shape index (κ1) is 16.7. The van der Waals surface area contributed by atoms with E-state index in [2.05, 4.69) is 15.0 Å². The third kappa shape index (κ3) is 3.00. The first-order valence-corrected chi connectivity index (χ1v) is 9.63. The molecule has 0 radical (unpaired) electrons. The highest BCUT2D eigenvalue weighted by molar-refractivity contribution is 7.11. The average molecular weight is 360 g/mol. The SMILES string of the molecule is Cc1ncc(CN2CCCC3(C2)CN(Cc2c(C)noc2C)C3=O)s1. The van der Waals surface area contributed by atoms with Crippen LogP contribution in [0, 0.1) is 26.2 Å². The quantitative estimate of drug-likeness (QED) is 0.785. The first-order chi connectivity index (χ1) is 12.0. The van der Waals surface area contributed by atoms with Gasteiger partial charge in [0.2, 0.25) is 5.91 Å². The highest BCUT2D eigenvalue weighted by Gasteiger charge is 2.53. The van der Waals surface area contributed by atoms with Crippen molar-refractivity contribution in [2.45, 2.75) is 46.7 Å². The van der Waals surface area contributed by atoms with E-state index in [0.717, 1.165) is 61.0 Å². The second kappa shape index (κ2) is 6.21. The minimum atomic E-state index is -0.184. The van der Waals surface area contributed by atoms with E-state index in [0.29, 0.717) is 6.54 Å². The number of β-lactam (4-membered cyclic amide) rings is 1. The minimum absolute atomic E-state index is 0.184. The molecule has 0 aromatic carbocycles. The van der Waals surface area contributed by atoms with E-state index in [1.54, 1.807) is 11.3 Å². The van der Waals surface area contributed by atoms with Gasteiger partial charge in [0.05, 0.1) is 22.7 Å². The van der Waals surface area contributed by atoms with Gasteiger partial charge in [0.25, 0.3) is 0 Å². The van der Waals surface area contributed by atoms with Crippen LogP contribution in [0.4, 0.5) is 0 Å². The number of likely N-dealkylation sites (tertiary alicyclic amines) is 2. The van der Waals surface area contributed by atoms with Crippen LogP contribution in [0.15, 0.2) is 10.7 Å². The number of carbonyl (C=O) groups excluding carboxylic acids is 1. The second-order valence-electron chi connectivity index (χ2n) is 7.40. The van der Waals surface area contributed by atoms with E-state index in [4.69, 9.17) is 4.52 Å². The van der Waals surface area contributed by atoms with Gasteiger partial charge in [0, 0.05) is 36.3 Å². The fourth-order valence-electron chi connectivity index (χ4n) is 4.16. The third-order valence-corrected chi connectivity index (χ3v) is 6.37. The Labute approximate surface area is 151 Å². The van der Waals surface area contributed by atoms with E-state index in [9.17, 15) is 4.79 Å². The smallest absolute Gasteiger partial charge is 0.232 e. The number of thiazole rings is 1. The van der Waals surface area contributed by atoms with Crippen LogP contribution >= 0.6 is 11.3 Å². The first-order valence-electron chi connectivity index (χ1n) is 8.82. The Bertz CT molecular complexity index is 779. The van der Waals surface area contributed by atoms with Crippen LogP contribution in [0.2, 0.25) is 0 Å². The second-order valence-corrected chi connectivity index (χ2v) is 8.72. The molecule has 1 amide bonds. The van der Waals surface area contributed by atoms with Gasteiger partial charge in [-0.25, -0.2) is 4.98 Å². The number of aromatic nitrogens is 2. The van der Waals surface area contributed by atoms with Crippen LogP contribution in [-0.2, 0) is 17.9 Å². The summed E-state index contributed by atoms with van der Waals surface area (Å²) in [5.41, 5.74) is 1.75. The molecule has 2 aliphatic rings. The molecule has 2 saturated heterocycles. The molecule has 0 aliphatic carbocycles. The van der Waals surface area contributed by atoms with E-state index >= 15 is 0 Å². The molecular formula is C18H24N4O2S. The van der Waals surface area contributed by atoms with E-state index in [-0.39, 0.29) is 11.3 Å². The lowest BCUT2D eigenvalue weighted by Crippen LogP contribution is -2.66. The topological polar surface area (TPSA) is 62.5 Å². The number of nitrogens with zero attached hydrogens (tertiary/aromatic N) is 4. The summed E-state index contributed by atoms with van der Waals surface area (Å²) in [5.74, 6) is 1.11. The molecule has 1 unspecified atom stereocenters. The molecule has 4 heterocycles. The molecule has 0 bridgehead atoms. The van der Waals surface area contributed by atoms with Crippen molar-refractivity contribution >= 4 is 17.2 Å². The van der Waals surface area contributed by atoms with Crippen LogP contribution in [0.25, 0.3) is 0 Å². The van der Waals surface area contributed by atoms with E-state index < -0.39 is 0 Å². The number of carbonyl (C=O) groups is 1. The van der Waals surface area contributed by atoms with Gasteiger partial charge in [-0.15, -0.1) is 11.3 Å². The summed E-state index contributed by atoms with van der Waals surface area (Å²) in [4.78, 5) is 22.9. The number of aryl methyl sites for hydroxylation is 3. The number of rotatable bonds is 4. The molecule has 2 aromatic heterocycles.